The molecule has 108 valence electrons. The van der Waals surface area contributed by atoms with E-state index < -0.39 is 0 Å². The molecule has 0 aliphatic heterocycles. The number of rotatable bonds is 7. The van der Waals surface area contributed by atoms with Crippen LogP contribution in [-0.2, 0) is 6.54 Å². The zero-order valence-electron chi connectivity index (χ0n) is 12.3. The van der Waals surface area contributed by atoms with E-state index >= 15 is 0 Å². The third-order valence-electron chi connectivity index (χ3n) is 3.03. The van der Waals surface area contributed by atoms with Crippen molar-refractivity contribution >= 4 is 11.3 Å². The summed E-state index contributed by atoms with van der Waals surface area (Å²) in [6, 6.07) is 8.65. The highest BCUT2D eigenvalue weighted by atomic mass is 32.1. The zero-order valence-corrected chi connectivity index (χ0v) is 13.1. The minimum atomic E-state index is 0.316. The molecular weight excluding hydrogens is 268 g/mol. The van der Waals surface area contributed by atoms with Crippen LogP contribution in [0.15, 0.2) is 36.0 Å². The number of thiazole rings is 1. The van der Waals surface area contributed by atoms with Crippen molar-refractivity contribution in [3.05, 3.63) is 46.4 Å². The SMILES string of the molecule is CC(C)COc1ccc(C(C)NCc2cncs2)cc1. The summed E-state index contributed by atoms with van der Waals surface area (Å²) in [5, 5.41) is 3.50. The number of nitrogens with one attached hydrogen (secondary N) is 1. The van der Waals surface area contributed by atoms with Crippen LogP contribution in [0.5, 0.6) is 5.75 Å². The van der Waals surface area contributed by atoms with Crippen LogP contribution in [0.25, 0.3) is 0 Å². The van der Waals surface area contributed by atoms with Crippen molar-refractivity contribution in [2.45, 2.75) is 33.4 Å². The number of hydrogen-bond donors (Lipinski definition) is 1. The smallest absolute Gasteiger partial charge is 0.119 e. The van der Waals surface area contributed by atoms with Crippen molar-refractivity contribution in [1.29, 1.82) is 0 Å². The van der Waals surface area contributed by atoms with Crippen molar-refractivity contribution < 1.29 is 4.74 Å². The van der Waals surface area contributed by atoms with Crippen LogP contribution in [0.1, 0.15) is 37.3 Å². The first kappa shape index (κ1) is 15.0. The van der Waals surface area contributed by atoms with Gasteiger partial charge in [-0.1, -0.05) is 26.0 Å². The maximum atomic E-state index is 5.69. The molecule has 4 heteroatoms. The molecule has 0 saturated heterocycles. The Morgan fingerprint density at radius 1 is 1.20 bits per heavy atom. The fraction of sp³-hybridized carbons (Fsp3) is 0.438. The molecule has 1 N–H and O–H groups in total. The van der Waals surface area contributed by atoms with E-state index in [1.807, 2.05) is 23.8 Å². The molecule has 1 atom stereocenters. The second-order valence-corrected chi connectivity index (χ2v) is 6.32. The molecule has 1 aromatic carbocycles. The molecule has 0 aliphatic rings. The molecule has 20 heavy (non-hydrogen) atoms. The lowest BCUT2D eigenvalue weighted by molar-refractivity contribution is 0.271. The average molecular weight is 290 g/mol. The Hall–Kier alpha value is -1.39. The van der Waals surface area contributed by atoms with Gasteiger partial charge in [-0.15, -0.1) is 11.3 Å². The predicted molar refractivity (Wildman–Crippen MR) is 84.1 cm³/mol. The largest absolute Gasteiger partial charge is 0.493 e. The van der Waals surface area contributed by atoms with Gasteiger partial charge in [0, 0.05) is 23.7 Å². The summed E-state index contributed by atoms with van der Waals surface area (Å²) in [5.74, 6) is 1.49. The summed E-state index contributed by atoms with van der Waals surface area (Å²) in [4.78, 5) is 5.34. The molecule has 2 aromatic rings. The Balaban J connectivity index is 1.85. The van der Waals surface area contributed by atoms with E-state index in [2.05, 4.69) is 43.2 Å². The van der Waals surface area contributed by atoms with Crippen LogP contribution >= 0.6 is 11.3 Å². The highest BCUT2D eigenvalue weighted by Gasteiger charge is 2.06. The van der Waals surface area contributed by atoms with Crippen LogP contribution in [0, 0.1) is 5.92 Å². The van der Waals surface area contributed by atoms with Crippen molar-refractivity contribution in [1.82, 2.24) is 10.3 Å². The molecular formula is C16H22N2OS. The topological polar surface area (TPSA) is 34.1 Å². The molecule has 1 aromatic heterocycles. The molecule has 0 amide bonds. The van der Waals surface area contributed by atoms with Gasteiger partial charge in [0.05, 0.1) is 12.1 Å². The van der Waals surface area contributed by atoms with Crippen molar-refractivity contribution in [3.8, 4) is 5.75 Å². The minimum absolute atomic E-state index is 0.316. The standard InChI is InChI=1S/C16H22N2OS/c1-12(2)10-19-15-6-4-14(5-7-15)13(3)18-9-16-8-17-11-20-16/h4-8,11-13,18H,9-10H2,1-3H3. The van der Waals surface area contributed by atoms with Gasteiger partial charge in [-0.2, -0.15) is 0 Å². The highest BCUT2D eigenvalue weighted by molar-refractivity contribution is 7.09. The summed E-state index contributed by atoms with van der Waals surface area (Å²) in [5.41, 5.74) is 3.13. The van der Waals surface area contributed by atoms with Gasteiger partial charge in [0.25, 0.3) is 0 Å². The number of benzene rings is 1. The maximum absolute atomic E-state index is 5.69. The maximum Gasteiger partial charge on any atom is 0.119 e. The minimum Gasteiger partial charge on any atom is -0.493 e. The monoisotopic (exact) mass is 290 g/mol. The summed E-state index contributed by atoms with van der Waals surface area (Å²) in [7, 11) is 0. The van der Waals surface area contributed by atoms with Crippen LogP contribution in [-0.4, -0.2) is 11.6 Å². The van der Waals surface area contributed by atoms with E-state index in [0.29, 0.717) is 12.0 Å². The molecule has 1 unspecified atom stereocenters. The van der Waals surface area contributed by atoms with E-state index in [-0.39, 0.29) is 0 Å². The Kier molecular flexibility index (Phi) is 5.56. The second-order valence-electron chi connectivity index (χ2n) is 5.34. The number of aromatic nitrogens is 1. The fourth-order valence-corrected chi connectivity index (χ4v) is 2.36. The van der Waals surface area contributed by atoms with Gasteiger partial charge in [0.1, 0.15) is 5.75 Å². The summed E-state index contributed by atoms with van der Waals surface area (Å²) >= 11 is 1.68. The molecule has 2 rings (SSSR count). The van der Waals surface area contributed by atoms with E-state index in [1.54, 1.807) is 11.3 Å². The van der Waals surface area contributed by atoms with Gasteiger partial charge in [-0.25, -0.2) is 0 Å². The Morgan fingerprint density at radius 3 is 2.55 bits per heavy atom. The Labute approximate surface area is 125 Å². The second kappa shape index (κ2) is 7.41. The molecule has 0 bridgehead atoms. The molecule has 0 spiro atoms. The van der Waals surface area contributed by atoms with Crippen molar-refractivity contribution in [2.75, 3.05) is 6.61 Å². The first-order valence-electron chi connectivity index (χ1n) is 6.98. The quantitative estimate of drug-likeness (QED) is 0.836. The lowest BCUT2D eigenvalue weighted by Gasteiger charge is -2.14. The van der Waals surface area contributed by atoms with E-state index in [1.165, 1.54) is 10.4 Å². The molecule has 3 nitrogen and oxygen atoms in total. The molecule has 0 radical (unpaired) electrons. The third-order valence-corrected chi connectivity index (χ3v) is 3.81. The van der Waals surface area contributed by atoms with Crippen molar-refractivity contribution in [3.63, 3.8) is 0 Å². The fourth-order valence-electron chi connectivity index (χ4n) is 1.82. The van der Waals surface area contributed by atoms with E-state index in [0.717, 1.165) is 18.9 Å². The Morgan fingerprint density at radius 2 is 1.95 bits per heavy atom. The molecule has 1 heterocycles. The lowest BCUT2D eigenvalue weighted by atomic mass is 10.1. The van der Waals surface area contributed by atoms with Gasteiger partial charge in [0.2, 0.25) is 0 Å². The van der Waals surface area contributed by atoms with Crippen LogP contribution in [0.2, 0.25) is 0 Å². The van der Waals surface area contributed by atoms with Crippen LogP contribution in [0.4, 0.5) is 0 Å². The molecule has 0 aliphatic carbocycles. The van der Waals surface area contributed by atoms with E-state index in [9.17, 15) is 0 Å². The van der Waals surface area contributed by atoms with Gasteiger partial charge in [-0.05, 0) is 30.5 Å². The lowest BCUT2D eigenvalue weighted by Crippen LogP contribution is -2.17. The summed E-state index contributed by atoms with van der Waals surface area (Å²) in [6.45, 7) is 8.10. The summed E-state index contributed by atoms with van der Waals surface area (Å²) < 4.78 is 5.69. The third kappa shape index (κ3) is 4.62. The van der Waals surface area contributed by atoms with Gasteiger partial charge < -0.3 is 10.1 Å². The van der Waals surface area contributed by atoms with Gasteiger partial charge in [-0.3, -0.25) is 4.98 Å². The van der Waals surface area contributed by atoms with Gasteiger partial charge in [0.15, 0.2) is 0 Å². The van der Waals surface area contributed by atoms with Crippen LogP contribution in [0.3, 0.4) is 0 Å². The first-order chi connectivity index (χ1) is 9.65. The average Bonchev–Trinajstić information content (AvgIpc) is 2.96. The highest BCUT2D eigenvalue weighted by Crippen LogP contribution is 2.19. The van der Waals surface area contributed by atoms with E-state index in [4.69, 9.17) is 4.74 Å². The first-order valence-corrected chi connectivity index (χ1v) is 7.86. The molecule has 0 saturated carbocycles. The van der Waals surface area contributed by atoms with Gasteiger partial charge >= 0.3 is 0 Å². The summed E-state index contributed by atoms with van der Waals surface area (Å²) in [6.07, 6.45) is 1.91. The predicted octanol–water partition coefficient (Wildman–Crippen LogP) is 4.03. The zero-order chi connectivity index (χ0) is 14.4. The number of hydrogen-bond acceptors (Lipinski definition) is 4. The molecule has 0 fully saturated rings. The Bertz CT molecular complexity index is 494. The normalized spacial score (nSPS) is 12.6. The van der Waals surface area contributed by atoms with Crippen molar-refractivity contribution in [2.24, 2.45) is 5.92 Å². The van der Waals surface area contributed by atoms with Crippen LogP contribution < -0.4 is 10.1 Å². The number of nitrogens with zero attached hydrogens (tertiary/aromatic N) is 1. The number of ether oxygens (including phenoxy) is 1.